The van der Waals surface area contributed by atoms with Crippen LogP contribution >= 0.6 is 0 Å². The predicted molar refractivity (Wildman–Crippen MR) is 72.3 cm³/mol. The number of hydrogen-bond acceptors (Lipinski definition) is 3. The van der Waals surface area contributed by atoms with Gasteiger partial charge in [-0.05, 0) is 17.7 Å². The highest BCUT2D eigenvalue weighted by atomic mass is 16.5. The van der Waals surface area contributed by atoms with Crippen molar-refractivity contribution in [3.05, 3.63) is 48.0 Å². The highest BCUT2D eigenvalue weighted by Crippen LogP contribution is 2.07. The van der Waals surface area contributed by atoms with Gasteiger partial charge < -0.3 is 15.4 Å². The summed E-state index contributed by atoms with van der Waals surface area (Å²) in [6, 6.07) is 7.34. The Bertz CT molecular complexity index is 387. The van der Waals surface area contributed by atoms with Crippen LogP contribution in [0.15, 0.2) is 36.9 Å². The van der Waals surface area contributed by atoms with Crippen molar-refractivity contribution in [2.45, 2.75) is 6.54 Å². The molecule has 0 saturated heterocycles. The van der Waals surface area contributed by atoms with Crippen molar-refractivity contribution in [1.29, 1.82) is 0 Å². The van der Waals surface area contributed by atoms with E-state index in [9.17, 15) is 4.79 Å². The molecule has 98 valence electrons. The molecule has 1 rings (SSSR count). The van der Waals surface area contributed by atoms with Crippen molar-refractivity contribution in [1.82, 2.24) is 4.90 Å². The van der Waals surface area contributed by atoms with Crippen LogP contribution in [0.25, 0.3) is 0 Å². The molecule has 0 fully saturated rings. The molecule has 0 aliphatic heterocycles. The lowest BCUT2D eigenvalue weighted by atomic mass is 10.1. The molecule has 1 aromatic carbocycles. The smallest absolute Gasteiger partial charge is 0.254 e. The zero-order valence-corrected chi connectivity index (χ0v) is 10.8. The first kappa shape index (κ1) is 14.4. The number of benzene rings is 1. The summed E-state index contributed by atoms with van der Waals surface area (Å²) in [7, 11) is 1.62. The standard InChI is InChI=1S/C14H20N2O2/c1-3-8-16(9-10-18-2)14(17)13-6-4-12(11-15)5-7-13/h3-7H,1,8-11,15H2,2H3. The molecule has 18 heavy (non-hydrogen) atoms. The Morgan fingerprint density at radius 2 is 2.11 bits per heavy atom. The molecule has 1 amide bonds. The van der Waals surface area contributed by atoms with Crippen LogP contribution in [0.2, 0.25) is 0 Å². The Morgan fingerprint density at radius 1 is 1.44 bits per heavy atom. The Kier molecular flexibility index (Phi) is 6.11. The number of methoxy groups -OCH3 is 1. The van der Waals surface area contributed by atoms with Crippen molar-refractivity contribution >= 4 is 5.91 Å². The van der Waals surface area contributed by atoms with E-state index >= 15 is 0 Å². The van der Waals surface area contributed by atoms with E-state index in [0.717, 1.165) is 5.56 Å². The minimum atomic E-state index is -0.0180. The summed E-state index contributed by atoms with van der Waals surface area (Å²) in [5.41, 5.74) is 7.19. The van der Waals surface area contributed by atoms with Crippen LogP contribution in [0.1, 0.15) is 15.9 Å². The molecular weight excluding hydrogens is 228 g/mol. The van der Waals surface area contributed by atoms with E-state index in [1.807, 2.05) is 12.1 Å². The monoisotopic (exact) mass is 248 g/mol. The third-order valence-corrected chi connectivity index (χ3v) is 2.64. The van der Waals surface area contributed by atoms with Gasteiger partial charge in [-0.1, -0.05) is 18.2 Å². The summed E-state index contributed by atoms with van der Waals surface area (Å²) >= 11 is 0. The maximum atomic E-state index is 12.2. The van der Waals surface area contributed by atoms with E-state index in [2.05, 4.69) is 6.58 Å². The van der Waals surface area contributed by atoms with Crippen molar-refractivity contribution in [3.63, 3.8) is 0 Å². The van der Waals surface area contributed by atoms with Crippen molar-refractivity contribution < 1.29 is 9.53 Å². The van der Waals surface area contributed by atoms with E-state index in [0.29, 0.717) is 31.8 Å². The van der Waals surface area contributed by atoms with E-state index in [1.165, 1.54) is 0 Å². The summed E-state index contributed by atoms with van der Waals surface area (Å²) in [4.78, 5) is 13.9. The molecule has 0 heterocycles. The van der Waals surface area contributed by atoms with Crippen molar-refractivity contribution in [3.8, 4) is 0 Å². The number of ether oxygens (including phenoxy) is 1. The SMILES string of the molecule is C=CCN(CCOC)C(=O)c1ccc(CN)cc1. The van der Waals surface area contributed by atoms with E-state index in [1.54, 1.807) is 30.2 Å². The Balaban J connectivity index is 2.76. The molecule has 4 nitrogen and oxygen atoms in total. The number of rotatable bonds is 7. The van der Waals surface area contributed by atoms with Gasteiger partial charge in [-0.2, -0.15) is 0 Å². The minimum Gasteiger partial charge on any atom is -0.383 e. The van der Waals surface area contributed by atoms with Crippen LogP contribution in [-0.2, 0) is 11.3 Å². The lowest BCUT2D eigenvalue weighted by Crippen LogP contribution is -2.34. The van der Waals surface area contributed by atoms with Gasteiger partial charge in [0.05, 0.1) is 6.61 Å². The summed E-state index contributed by atoms with van der Waals surface area (Å²) < 4.78 is 5.00. The number of carbonyl (C=O) groups is 1. The summed E-state index contributed by atoms with van der Waals surface area (Å²) in [6.07, 6.45) is 1.71. The highest BCUT2D eigenvalue weighted by Gasteiger charge is 2.13. The topological polar surface area (TPSA) is 55.6 Å². The van der Waals surface area contributed by atoms with Gasteiger partial charge in [-0.15, -0.1) is 6.58 Å². The van der Waals surface area contributed by atoms with Gasteiger partial charge in [0.15, 0.2) is 0 Å². The average molecular weight is 248 g/mol. The largest absolute Gasteiger partial charge is 0.383 e. The van der Waals surface area contributed by atoms with Crippen LogP contribution in [0.4, 0.5) is 0 Å². The van der Waals surface area contributed by atoms with Gasteiger partial charge in [0.1, 0.15) is 0 Å². The molecule has 0 aliphatic rings. The van der Waals surface area contributed by atoms with Crippen LogP contribution in [-0.4, -0.2) is 37.6 Å². The number of amides is 1. The molecule has 0 atom stereocenters. The molecule has 4 heteroatoms. The molecule has 1 aromatic rings. The van der Waals surface area contributed by atoms with Crippen LogP contribution in [0, 0.1) is 0 Å². The Hall–Kier alpha value is -1.65. The van der Waals surface area contributed by atoms with Crippen molar-refractivity contribution in [2.75, 3.05) is 26.8 Å². The van der Waals surface area contributed by atoms with E-state index in [-0.39, 0.29) is 5.91 Å². The van der Waals surface area contributed by atoms with Gasteiger partial charge in [0.2, 0.25) is 0 Å². The van der Waals surface area contributed by atoms with Crippen LogP contribution in [0.3, 0.4) is 0 Å². The number of nitrogens with two attached hydrogens (primary N) is 1. The van der Waals surface area contributed by atoms with Gasteiger partial charge in [0, 0.05) is 32.3 Å². The number of hydrogen-bond donors (Lipinski definition) is 1. The Labute approximate surface area is 108 Å². The van der Waals surface area contributed by atoms with Gasteiger partial charge in [-0.25, -0.2) is 0 Å². The molecule has 0 radical (unpaired) electrons. The maximum absolute atomic E-state index is 12.2. The number of carbonyl (C=O) groups excluding carboxylic acids is 1. The normalized spacial score (nSPS) is 10.1. The molecule has 0 aromatic heterocycles. The first-order valence-corrected chi connectivity index (χ1v) is 5.91. The molecule has 0 spiro atoms. The third kappa shape index (κ3) is 3.98. The van der Waals surface area contributed by atoms with Crippen LogP contribution < -0.4 is 5.73 Å². The van der Waals surface area contributed by atoms with Gasteiger partial charge >= 0.3 is 0 Å². The second-order valence-corrected chi connectivity index (χ2v) is 3.93. The van der Waals surface area contributed by atoms with E-state index < -0.39 is 0 Å². The fourth-order valence-electron chi connectivity index (χ4n) is 1.60. The quantitative estimate of drug-likeness (QED) is 0.742. The predicted octanol–water partition coefficient (Wildman–Crippen LogP) is 1.42. The Morgan fingerprint density at radius 3 is 2.61 bits per heavy atom. The molecule has 0 aliphatic carbocycles. The fraction of sp³-hybridized carbons (Fsp3) is 0.357. The lowest BCUT2D eigenvalue weighted by Gasteiger charge is -2.20. The van der Waals surface area contributed by atoms with Crippen LogP contribution in [0.5, 0.6) is 0 Å². The molecular formula is C14H20N2O2. The highest BCUT2D eigenvalue weighted by molar-refractivity contribution is 5.94. The summed E-state index contributed by atoms with van der Waals surface area (Å²) in [6.45, 7) is 5.73. The zero-order valence-electron chi connectivity index (χ0n) is 10.8. The summed E-state index contributed by atoms with van der Waals surface area (Å²) in [5.74, 6) is -0.0180. The zero-order chi connectivity index (χ0) is 13.4. The summed E-state index contributed by atoms with van der Waals surface area (Å²) in [5, 5.41) is 0. The van der Waals surface area contributed by atoms with Gasteiger partial charge in [-0.3, -0.25) is 4.79 Å². The average Bonchev–Trinajstić information content (AvgIpc) is 2.43. The van der Waals surface area contributed by atoms with Crippen molar-refractivity contribution in [2.24, 2.45) is 5.73 Å². The van der Waals surface area contributed by atoms with E-state index in [4.69, 9.17) is 10.5 Å². The second-order valence-electron chi connectivity index (χ2n) is 3.93. The molecule has 0 saturated carbocycles. The number of nitrogens with zero attached hydrogens (tertiary/aromatic N) is 1. The first-order valence-electron chi connectivity index (χ1n) is 5.91. The first-order chi connectivity index (χ1) is 8.72. The molecule has 2 N–H and O–H groups in total. The fourth-order valence-corrected chi connectivity index (χ4v) is 1.60. The van der Waals surface area contributed by atoms with Gasteiger partial charge in [0.25, 0.3) is 5.91 Å². The minimum absolute atomic E-state index is 0.0180. The molecule has 0 bridgehead atoms. The molecule has 0 unspecified atom stereocenters. The second kappa shape index (κ2) is 7.63. The maximum Gasteiger partial charge on any atom is 0.254 e. The lowest BCUT2D eigenvalue weighted by molar-refractivity contribution is 0.0718. The third-order valence-electron chi connectivity index (χ3n) is 2.64.